The number of nitrogens with zero attached hydrogens (tertiary/aromatic N) is 5. The highest BCUT2D eigenvalue weighted by molar-refractivity contribution is 7.90. The van der Waals surface area contributed by atoms with Crippen LogP contribution in [0.3, 0.4) is 0 Å². The Morgan fingerprint density at radius 1 is 0.986 bits per heavy atom. The first-order valence-electron chi connectivity index (χ1n) is 26.8. The monoisotopic (exact) mass is 1030 g/mol. The zero-order valence-corrected chi connectivity index (χ0v) is 43.8. The third-order valence-corrected chi connectivity index (χ3v) is 18.8. The average Bonchev–Trinajstić information content (AvgIpc) is 4.05. The van der Waals surface area contributed by atoms with Crippen molar-refractivity contribution in [2.24, 2.45) is 11.3 Å². The smallest absolute Gasteiger partial charge is 0.297 e. The van der Waals surface area contributed by atoms with Gasteiger partial charge in [-0.05, 0) is 143 Å². The number of amides is 1. The summed E-state index contributed by atoms with van der Waals surface area (Å²) in [6.07, 6.45) is 12.2. The number of anilines is 2. The van der Waals surface area contributed by atoms with E-state index in [0.29, 0.717) is 55.9 Å². The third-order valence-electron chi connectivity index (χ3n) is 17.5. The second kappa shape index (κ2) is 20.0. The molecule has 1 amide bonds. The van der Waals surface area contributed by atoms with Crippen molar-refractivity contribution < 1.29 is 37.5 Å². The maximum absolute atomic E-state index is 14.5. The predicted octanol–water partition coefficient (Wildman–Crippen LogP) is 9.68. The number of ether oxygens (including phenoxy) is 3. The molecule has 3 saturated heterocycles. The number of aromatic amines is 1. The minimum Gasteiger partial charge on any atom is -0.489 e. The van der Waals surface area contributed by atoms with Gasteiger partial charge in [0.15, 0.2) is 17.2 Å². The van der Waals surface area contributed by atoms with Gasteiger partial charge >= 0.3 is 0 Å². The quantitative estimate of drug-likeness (QED) is 0.0570. The highest BCUT2D eigenvalue weighted by Crippen LogP contribution is 2.55. The van der Waals surface area contributed by atoms with Crippen molar-refractivity contribution in [1.29, 1.82) is 0 Å². The summed E-state index contributed by atoms with van der Waals surface area (Å²) in [5, 5.41) is 27.1. The predicted molar refractivity (Wildman–Crippen MR) is 283 cm³/mol. The molecule has 1 spiro atoms. The Morgan fingerprint density at radius 2 is 1.77 bits per heavy atom. The molecule has 6 aliphatic rings. The molecule has 4 N–H and O–H groups in total. The van der Waals surface area contributed by atoms with Crippen LogP contribution in [-0.2, 0) is 10.0 Å². The van der Waals surface area contributed by atoms with Crippen LogP contribution < -0.4 is 29.1 Å². The van der Waals surface area contributed by atoms with Gasteiger partial charge in [0.2, 0.25) is 0 Å². The van der Waals surface area contributed by atoms with Crippen molar-refractivity contribution in [3.63, 3.8) is 0 Å². The van der Waals surface area contributed by atoms with E-state index in [0.717, 1.165) is 69.1 Å². The first kappa shape index (κ1) is 50.2. The zero-order chi connectivity index (χ0) is 51.5. The number of pyridine rings is 1. The lowest BCUT2D eigenvalue weighted by Crippen LogP contribution is -2.54. The largest absolute Gasteiger partial charge is 0.489 e. The molecule has 18 heteroatoms. The molecule has 74 heavy (non-hydrogen) atoms. The van der Waals surface area contributed by atoms with Gasteiger partial charge < -0.3 is 34.5 Å². The number of likely N-dealkylation sites (N-methyl/N-ethyl adjacent to an activating group) is 1. The minimum atomic E-state index is -4.72. The van der Waals surface area contributed by atoms with Crippen LogP contribution in [0.2, 0.25) is 0 Å². The van der Waals surface area contributed by atoms with Crippen molar-refractivity contribution in [1.82, 2.24) is 24.5 Å². The summed E-state index contributed by atoms with van der Waals surface area (Å²) < 4.78 is 49.8. The van der Waals surface area contributed by atoms with Crippen molar-refractivity contribution in [2.45, 2.75) is 139 Å². The Bertz CT molecular complexity index is 3020. The first-order chi connectivity index (χ1) is 35.6. The Kier molecular flexibility index (Phi) is 13.5. The van der Waals surface area contributed by atoms with Gasteiger partial charge in [-0.3, -0.25) is 24.7 Å². The summed E-state index contributed by atoms with van der Waals surface area (Å²) in [5.74, 6) is 0.174. The van der Waals surface area contributed by atoms with E-state index in [2.05, 4.69) is 74.8 Å². The molecule has 2 aliphatic carbocycles. The molecule has 6 heterocycles. The number of nitro benzene ring substituents is 1. The van der Waals surface area contributed by atoms with Gasteiger partial charge in [-0.1, -0.05) is 45.0 Å². The Morgan fingerprint density at radius 3 is 2.50 bits per heavy atom. The lowest BCUT2D eigenvalue weighted by atomic mass is 9.59. The number of fused-ring (bicyclic) bond motifs is 2. The number of carbonyl (C=O) groups excluding carboxylic acids is 1. The van der Waals surface area contributed by atoms with E-state index in [1.165, 1.54) is 42.9 Å². The Balaban J connectivity index is 0.843. The van der Waals surface area contributed by atoms with Crippen LogP contribution in [0.15, 0.2) is 77.8 Å². The summed E-state index contributed by atoms with van der Waals surface area (Å²) in [4.78, 5) is 41.2. The van der Waals surface area contributed by atoms with E-state index in [-0.39, 0.29) is 64.4 Å². The normalized spacial score (nSPS) is 25.2. The molecule has 5 fully saturated rings. The van der Waals surface area contributed by atoms with Gasteiger partial charge in [-0.2, -0.15) is 4.98 Å². The highest BCUT2D eigenvalue weighted by atomic mass is 32.2. The lowest BCUT2D eigenvalue weighted by Gasteiger charge is -2.56. The number of aromatic nitrogens is 2. The van der Waals surface area contributed by atoms with Crippen LogP contribution in [0.5, 0.6) is 23.1 Å². The van der Waals surface area contributed by atoms with Gasteiger partial charge in [0.25, 0.3) is 27.5 Å². The number of carbonyl (C=O) groups is 1. The van der Waals surface area contributed by atoms with Crippen LogP contribution in [0.1, 0.15) is 132 Å². The molecular weight excluding hydrogens is 961 g/mol. The fourth-order valence-corrected chi connectivity index (χ4v) is 13.9. The maximum Gasteiger partial charge on any atom is 0.297 e. The zero-order valence-electron chi connectivity index (χ0n) is 43.0. The van der Waals surface area contributed by atoms with Crippen LogP contribution in [0, 0.1) is 21.4 Å². The fourth-order valence-electron chi connectivity index (χ4n) is 12.9. The third kappa shape index (κ3) is 9.90. The van der Waals surface area contributed by atoms with Crippen LogP contribution in [-0.4, -0.2) is 114 Å². The highest BCUT2D eigenvalue weighted by Gasteiger charge is 2.50. The molecule has 11 rings (SSSR count). The second-order valence-corrected chi connectivity index (χ2v) is 24.2. The molecule has 0 radical (unpaired) electrons. The summed E-state index contributed by atoms with van der Waals surface area (Å²) in [5.41, 5.74) is 3.40. The molecule has 4 aliphatic heterocycles. The van der Waals surface area contributed by atoms with Gasteiger partial charge in [0.05, 0.1) is 27.0 Å². The summed E-state index contributed by atoms with van der Waals surface area (Å²) >= 11 is 0. The molecule has 5 aromatic rings. The van der Waals surface area contributed by atoms with Crippen LogP contribution >= 0.6 is 0 Å². The van der Waals surface area contributed by atoms with Crippen molar-refractivity contribution in [3.05, 3.63) is 99.7 Å². The van der Waals surface area contributed by atoms with Gasteiger partial charge in [0.1, 0.15) is 24.6 Å². The molecular formula is C56H70N8O9S. The number of nitro groups is 1. The number of aliphatic hydroxyl groups is 1. The van der Waals surface area contributed by atoms with Gasteiger partial charge in [-0.15, -0.1) is 0 Å². The maximum atomic E-state index is 14.5. The van der Waals surface area contributed by atoms with Crippen LogP contribution in [0.25, 0.3) is 11.0 Å². The fraction of sp³-hybridized carbons (Fsp3) is 0.536. The standard InChI is InChI=1S/C56H70N8O9S/c1-5-61-24-17-39(61)33-72-54-50(27-37-16-22-57-52(37)59-54)73-48-28-38(62-25-20-56(21-26-62)31-40(32-56)63-23-8-11-46(63)43-10-7-6-9-42(43)35(2)3)12-13-44(48)53(65)60-74(69,70)41-29-47(64(67)68)51-49(30-41)71-34-45(58-51)36-14-18-55(4,66)19-15-36/h6-7,9-10,12-13,16,22,27-30,35-36,39-40,45-46,58,66H,5,8,11,14-15,17-21,23-26,31-34H2,1-4H3,(H,57,59)(H,60,65)/t36-,39-,45+,46-,55-/m0/s1. The van der Waals surface area contributed by atoms with Crippen molar-refractivity contribution >= 4 is 44.0 Å². The molecule has 0 bridgehead atoms. The Hall–Kier alpha value is -5.95. The van der Waals surface area contributed by atoms with E-state index in [1.807, 2.05) is 19.1 Å². The minimum absolute atomic E-state index is 0.00280. The lowest BCUT2D eigenvalue weighted by molar-refractivity contribution is -0.384. The number of hydrogen-bond donors (Lipinski definition) is 4. The van der Waals surface area contributed by atoms with Crippen LogP contribution in [0.4, 0.5) is 17.1 Å². The SMILES string of the molecule is CCN1CC[C@H]1COc1nc2[nH]ccc2cc1Oc1cc(N2CCC3(CC2)CC(N2CCC[C@H]2c2ccccc2C(C)C)C3)ccc1C(=O)NS(=O)(=O)c1cc2c(c([N+](=O)[O-])c1)N[C@@H]([C@H]1CC[C@](C)(O)CC1)CO2. The van der Waals surface area contributed by atoms with E-state index in [1.54, 1.807) is 24.4 Å². The first-order valence-corrected chi connectivity index (χ1v) is 28.3. The number of likely N-dealkylation sites (tertiary alicyclic amines) is 2. The summed E-state index contributed by atoms with van der Waals surface area (Å²) in [7, 11) is -4.72. The average molecular weight is 1030 g/mol. The number of H-pyrrole nitrogens is 1. The van der Waals surface area contributed by atoms with Crippen molar-refractivity contribution in [3.8, 4) is 23.1 Å². The van der Waals surface area contributed by atoms with E-state index >= 15 is 0 Å². The van der Waals surface area contributed by atoms with E-state index in [4.69, 9.17) is 19.2 Å². The second-order valence-electron chi connectivity index (χ2n) is 22.5. The molecule has 17 nitrogen and oxygen atoms in total. The molecule has 3 atom stereocenters. The summed E-state index contributed by atoms with van der Waals surface area (Å²) in [6.45, 7) is 13.7. The molecule has 0 unspecified atom stereocenters. The number of sulfonamides is 1. The van der Waals surface area contributed by atoms with E-state index < -0.39 is 37.0 Å². The van der Waals surface area contributed by atoms with E-state index in [9.17, 15) is 28.4 Å². The number of benzene rings is 3. The van der Waals surface area contributed by atoms with Crippen molar-refractivity contribution in [2.75, 3.05) is 56.2 Å². The Labute approximate surface area is 433 Å². The van der Waals surface area contributed by atoms with Gasteiger partial charge in [-0.25, -0.2) is 13.1 Å². The summed E-state index contributed by atoms with van der Waals surface area (Å²) in [6, 6.07) is 21.0. The van der Waals surface area contributed by atoms with Gasteiger partial charge in [0, 0.05) is 73.2 Å². The number of nitrogens with one attached hydrogen (secondary N) is 3. The molecule has 2 saturated carbocycles. The number of rotatable bonds is 15. The molecule has 3 aromatic carbocycles. The number of hydrogen-bond acceptors (Lipinski definition) is 14. The molecule has 394 valence electrons. The molecule has 2 aromatic heterocycles. The number of piperidine rings is 1. The topological polar surface area (TPSA) is 205 Å².